The van der Waals surface area contributed by atoms with Gasteiger partial charge in [0.1, 0.15) is 0 Å². The minimum absolute atomic E-state index is 0.307. The van der Waals surface area contributed by atoms with E-state index >= 15 is 0 Å². The Morgan fingerprint density at radius 2 is 1.68 bits per heavy atom. The molecule has 0 radical (unpaired) electrons. The molecule has 1 aromatic heterocycles. The molecule has 0 saturated carbocycles. The Balaban J connectivity index is 3.10. The molecule has 0 aliphatic heterocycles. The first-order chi connectivity index (χ1) is 8.55. The van der Waals surface area contributed by atoms with Crippen LogP contribution in [0.3, 0.4) is 0 Å². The highest BCUT2D eigenvalue weighted by Gasteiger charge is 2.59. The number of nitrogens with two attached hydrogens (primary N) is 1. The molecule has 0 aliphatic rings. The minimum Gasteiger partial charge on any atom is -0.453 e. The summed E-state index contributed by atoms with van der Waals surface area (Å²) in [7, 11) is 0. The molecule has 0 fully saturated rings. The van der Waals surface area contributed by atoms with Gasteiger partial charge in [-0.25, -0.2) is 10.8 Å². The molecule has 0 spiro atoms. The number of hydrogen-bond donors (Lipinski definition) is 2. The highest BCUT2D eigenvalue weighted by molar-refractivity contribution is 5.26. The molecule has 0 saturated heterocycles. The lowest BCUT2D eigenvalue weighted by Crippen LogP contribution is -2.46. The molecule has 19 heavy (non-hydrogen) atoms. The quantitative estimate of drug-likeness (QED) is 0.505. The Morgan fingerprint density at radius 1 is 1.16 bits per heavy atom. The first kappa shape index (κ1) is 15.2. The van der Waals surface area contributed by atoms with Gasteiger partial charge in [0, 0.05) is 0 Å². The van der Waals surface area contributed by atoms with Gasteiger partial charge in [0.25, 0.3) is 12.0 Å². The van der Waals surface area contributed by atoms with Gasteiger partial charge in [-0.2, -0.15) is 35.7 Å². The molecule has 0 atom stereocenters. The Morgan fingerprint density at radius 3 is 2.11 bits per heavy atom. The predicted molar refractivity (Wildman–Crippen MR) is 46.3 cm³/mol. The zero-order chi connectivity index (χ0) is 14.8. The van der Waals surface area contributed by atoms with Crippen LogP contribution >= 0.6 is 0 Å². The molecule has 0 aliphatic carbocycles. The smallest absolute Gasteiger partial charge is 0.434 e. The molecule has 1 rings (SSSR count). The molecule has 1 heterocycles. The molecule has 3 N–H and O–H groups in total. The maximum absolute atomic E-state index is 13.0. The van der Waals surface area contributed by atoms with Crippen molar-refractivity contribution < 1.29 is 35.5 Å². The average Bonchev–Trinajstić information content (AvgIpc) is 2.24. The summed E-state index contributed by atoms with van der Waals surface area (Å²) in [5, 5.41) is 0. The van der Waals surface area contributed by atoms with Gasteiger partial charge in [-0.15, -0.1) is 0 Å². The van der Waals surface area contributed by atoms with Crippen molar-refractivity contribution in [3.05, 3.63) is 12.0 Å². The lowest BCUT2D eigenvalue weighted by Gasteiger charge is -2.23. The number of halogens is 7. The molecule has 0 unspecified atom stereocenters. The van der Waals surface area contributed by atoms with E-state index < -0.39 is 36.1 Å². The normalized spacial score (nSPS) is 12.7. The van der Waals surface area contributed by atoms with E-state index in [0.717, 1.165) is 0 Å². The maximum atomic E-state index is 13.0. The second kappa shape index (κ2) is 5.03. The van der Waals surface area contributed by atoms with E-state index in [0.29, 0.717) is 6.20 Å². The molecular weight excluding hydrogens is 289 g/mol. The number of anilines is 1. The predicted octanol–water partition coefficient (Wildman–Crippen LogP) is 1.77. The Labute approximate surface area is 100 Å². The van der Waals surface area contributed by atoms with Gasteiger partial charge in [-0.3, -0.25) is 5.43 Å². The summed E-state index contributed by atoms with van der Waals surface area (Å²) < 4.78 is 89.5. The van der Waals surface area contributed by atoms with E-state index in [4.69, 9.17) is 5.84 Å². The van der Waals surface area contributed by atoms with Crippen molar-refractivity contribution in [1.82, 2.24) is 9.97 Å². The fraction of sp³-hybridized carbons (Fsp3) is 0.429. The Kier molecular flexibility index (Phi) is 4.03. The summed E-state index contributed by atoms with van der Waals surface area (Å²) in [5.74, 6) is 1.04. The molecule has 0 aromatic carbocycles. The number of hydrogen-bond acceptors (Lipinski definition) is 5. The number of hydrazine groups is 1. The van der Waals surface area contributed by atoms with Crippen molar-refractivity contribution in [2.75, 3.05) is 5.43 Å². The summed E-state index contributed by atoms with van der Waals surface area (Å²) in [6.45, 7) is 0. The monoisotopic (exact) mass is 294 g/mol. The van der Waals surface area contributed by atoms with E-state index in [1.807, 2.05) is 0 Å². The molecular formula is C7H5F7N4O. The van der Waals surface area contributed by atoms with Gasteiger partial charge in [-0.05, 0) is 0 Å². The van der Waals surface area contributed by atoms with Crippen molar-refractivity contribution >= 4 is 5.95 Å². The van der Waals surface area contributed by atoms with Gasteiger partial charge in [0.2, 0.25) is 11.8 Å². The molecule has 12 heteroatoms. The summed E-state index contributed by atoms with van der Waals surface area (Å²) in [6, 6.07) is 0. The van der Waals surface area contributed by atoms with Crippen molar-refractivity contribution in [2.24, 2.45) is 5.84 Å². The van der Waals surface area contributed by atoms with Gasteiger partial charge in [0.15, 0.2) is 0 Å². The summed E-state index contributed by atoms with van der Waals surface area (Å²) in [6.07, 6.45) is -15.5. The number of aromatic nitrogens is 2. The number of ether oxygens (including phenoxy) is 1. The van der Waals surface area contributed by atoms with Crippen LogP contribution in [0.15, 0.2) is 6.20 Å². The highest BCUT2D eigenvalue weighted by Crippen LogP contribution is 2.36. The third-order valence-corrected chi connectivity index (χ3v) is 1.67. The fourth-order valence-corrected chi connectivity index (χ4v) is 0.935. The zero-order valence-electron chi connectivity index (χ0n) is 8.68. The summed E-state index contributed by atoms with van der Waals surface area (Å²) >= 11 is 0. The molecule has 108 valence electrons. The lowest BCUT2D eigenvalue weighted by molar-refractivity contribution is -0.300. The Bertz CT molecular complexity index is 432. The molecule has 5 nitrogen and oxygen atoms in total. The van der Waals surface area contributed by atoms with Gasteiger partial charge in [-0.1, -0.05) is 0 Å². The van der Waals surface area contributed by atoms with Crippen LogP contribution in [0.2, 0.25) is 0 Å². The van der Waals surface area contributed by atoms with Crippen molar-refractivity contribution in [2.45, 2.75) is 18.5 Å². The zero-order valence-corrected chi connectivity index (χ0v) is 8.68. The van der Waals surface area contributed by atoms with Gasteiger partial charge < -0.3 is 4.74 Å². The number of rotatable bonds is 3. The minimum atomic E-state index is -5.79. The van der Waals surface area contributed by atoms with Crippen LogP contribution < -0.4 is 16.0 Å². The summed E-state index contributed by atoms with van der Waals surface area (Å²) in [5.41, 5.74) is 1.71. The van der Waals surface area contributed by atoms with Gasteiger partial charge >= 0.3 is 12.4 Å². The first-order valence-corrected chi connectivity index (χ1v) is 4.35. The topological polar surface area (TPSA) is 73.1 Å². The van der Waals surface area contributed by atoms with E-state index in [2.05, 4.69) is 14.7 Å². The van der Waals surface area contributed by atoms with Crippen LogP contribution in [0.5, 0.6) is 5.88 Å². The molecule has 0 bridgehead atoms. The van der Waals surface area contributed by atoms with Gasteiger partial charge in [0.05, 0.1) is 6.20 Å². The van der Waals surface area contributed by atoms with E-state index in [1.54, 1.807) is 5.43 Å². The fourth-order valence-electron chi connectivity index (χ4n) is 0.935. The third-order valence-electron chi connectivity index (χ3n) is 1.67. The third kappa shape index (κ3) is 3.81. The first-order valence-electron chi connectivity index (χ1n) is 4.35. The standard InChI is InChI=1S/C7H5F7N4O/c8-2-1-16-5(18-15)17-3(2)19-4(6(9,10)11)7(12,13)14/h1,4H,15H2,(H,16,17,18). The number of nitrogens with one attached hydrogen (secondary N) is 1. The van der Waals surface area contributed by atoms with Crippen LogP contribution in [0.25, 0.3) is 0 Å². The molecule has 0 amide bonds. The van der Waals surface area contributed by atoms with E-state index in [-0.39, 0.29) is 0 Å². The summed E-state index contributed by atoms with van der Waals surface area (Å²) in [4.78, 5) is 6.04. The van der Waals surface area contributed by atoms with Crippen molar-refractivity contribution in [3.63, 3.8) is 0 Å². The van der Waals surface area contributed by atoms with E-state index in [1.165, 1.54) is 0 Å². The number of nitrogens with zero attached hydrogens (tertiary/aromatic N) is 2. The number of nitrogen functional groups attached to an aromatic ring is 1. The van der Waals surface area contributed by atoms with Crippen LogP contribution in [-0.2, 0) is 0 Å². The number of alkyl halides is 6. The van der Waals surface area contributed by atoms with Crippen LogP contribution in [0.1, 0.15) is 0 Å². The van der Waals surface area contributed by atoms with Crippen LogP contribution in [0.4, 0.5) is 36.7 Å². The lowest BCUT2D eigenvalue weighted by atomic mass is 10.3. The SMILES string of the molecule is NNc1ncc(F)c(OC(C(F)(F)F)C(F)(F)F)n1. The second-order valence-electron chi connectivity index (χ2n) is 3.07. The largest absolute Gasteiger partial charge is 0.453 e. The molecule has 1 aromatic rings. The highest BCUT2D eigenvalue weighted by atomic mass is 19.4. The average molecular weight is 294 g/mol. The van der Waals surface area contributed by atoms with Crippen LogP contribution in [-0.4, -0.2) is 28.4 Å². The van der Waals surface area contributed by atoms with Crippen LogP contribution in [0, 0.1) is 5.82 Å². The van der Waals surface area contributed by atoms with Crippen molar-refractivity contribution in [1.29, 1.82) is 0 Å². The maximum Gasteiger partial charge on any atom is 0.434 e. The Hall–Kier alpha value is -1.85. The van der Waals surface area contributed by atoms with E-state index in [9.17, 15) is 30.7 Å². The van der Waals surface area contributed by atoms with Crippen molar-refractivity contribution in [3.8, 4) is 5.88 Å². The second-order valence-corrected chi connectivity index (χ2v) is 3.07.